The lowest BCUT2D eigenvalue weighted by Crippen LogP contribution is -2.34. The van der Waals surface area contributed by atoms with E-state index in [4.69, 9.17) is 0 Å². The molecule has 2 nitrogen and oxygen atoms in total. The number of amides is 1. The van der Waals surface area contributed by atoms with Gasteiger partial charge in [0.2, 0.25) is 5.91 Å². The molecule has 1 aliphatic rings. The van der Waals surface area contributed by atoms with Crippen molar-refractivity contribution in [1.82, 2.24) is 4.90 Å². The van der Waals surface area contributed by atoms with E-state index in [1.54, 1.807) is 0 Å². The molecule has 1 fully saturated rings. The average molecular weight is 285 g/mol. The molecule has 2 heteroatoms. The SMILES string of the molecule is C=Cc1ccc(CN2CCC(CCC)(CCC)C2=O)cc1. The van der Waals surface area contributed by atoms with Gasteiger partial charge in [-0.25, -0.2) is 0 Å². The van der Waals surface area contributed by atoms with Crippen molar-refractivity contribution in [3.63, 3.8) is 0 Å². The second-order valence-corrected chi connectivity index (χ2v) is 6.20. The Morgan fingerprint density at radius 1 is 1.19 bits per heavy atom. The van der Waals surface area contributed by atoms with Crippen molar-refractivity contribution >= 4 is 12.0 Å². The molecule has 1 aromatic carbocycles. The van der Waals surface area contributed by atoms with Crippen LogP contribution < -0.4 is 0 Å². The highest BCUT2D eigenvalue weighted by atomic mass is 16.2. The van der Waals surface area contributed by atoms with Gasteiger partial charge >= 0.3 is 0 Å². The van der Waals surface area contributed by atoms with Gasteiger partial charge in [0.25, 0.3) is 0 Å². The third-order valence-corrected chi connectivity index (χ3v) is 4.65. The molecule has 0 atom stereocenters. The molecule has 0 saturated carbocycles. The van der Waals surface area contributed by atoms with Crippen molar-refractivity contribution in [2.45, 2.75) is 52.5 Å². The first-order chi connectivity index (χ1) is 10.1. The largest absolute Gasteiger partial charge is 0.338 e. The first kappa shape index (κ1) is 15.8. The molecule has 0 bridgehead atoms. The highest BCUT2D eigenvalue weighted by Gasteiger charge is 2.44. The highest BCUT2D eigenvalue weighted by molar-refractivity contribution is 5.84. The molecule has 0 radical (unpaired) electrons. The minimum Gasteiger partial charge on any atom is -0.338 e. The van der Waals surface area contributed by atoms with Crippen molar-refractivity contribution in [2.75, 3.05) is 6.54 Å². The summed E-state index contributed by atoms with van der Waals surface area (Å²) in [6, 6.07) is 8.33. The van der Waals surface area contributed by atoms with Gasteiger partial charge in [-0.05, 0) is 30.4 Å². The van der Waals surface area contributed by atoms with Crippen molar-refractivity contribution in [2.24, 2.45) is 5.41 Å². The minimum atomic E-state index is -0.0788. The Kier molecular flexibility index (Phi) is 5.22. The van der Waals surface area contributed by atoms with Crippen LogP contribution in [0.25, 0.3) is 6.08 Å². The molecule has 1 saturated heterocycles. The average Bonchev–Trinajstić information content (AvgIpc) is 2.79. The second-order valence-electron chi connectivity index (χ2n) is 6.20. The summed E-state index contributed by atoms with van der Waals surface area (Å²) < 4.78 is 0. The minimum absolute atomic E-state index is 0.0788. The number of rotatable bonds is 7. The maximum absolute atomic E-state index is 12.8. The lowest BCUT2D eigenvalue weighted by molar-refractivity contribution is -0.137. The van der Waals surface area contributed by atoms with Crippen molar-refractivity contribution in [3.8, 4) is 0 Å². The van der Waals surface area contributed by atoms with Crippen LogP contribution in [0.3, 0.4) is 0 Å². The van der Waals surface area contributed by atoms with Gasteiger partial charge in [-0.2, -0.15) is 0 Å². The van der Waals surface area contributed by atoms with Crippen LogP contribution >= 0.6 is 0 Å². The molecular formula is C19H27NO. The predicted octanol–water partition coefficient (Wildman–Crippen LogP) is 4.65. The molecule has 1 amide bonds. The highest BCUT2D eigenvalue weighted by Crippen LogP contribution is 2.41. The standard InChI is InChI=1S/C19H27NO/c1-4-11-19(12-5-2)13-14-20(18(19)21)15-17-9-7-16(6-3)8-10-17/h6-10H,3-5,11-15H2,1-2H3. The molecular weight excluding hydrogens is 258 g/mol. The van der Waals surface area contributed by atoms with Crippen LogP contribution in [0.15, 0.2) is 30.8 Å². The van der Waals surface area contributed by atoms with E-state index in [2.05, 4.69) is 44.7 Å². The lowest BCUT2D eigenvalue weighted by atomic mass is 9.78. The molecule has 0 aliphatic carbocycles. The van der Waals surface area contributed by atoms with Crippen molar-refractivity contribution < 1.29 is 4.79 Å². The number of hydrogen-bond acceptors (Lipinski definition) is 1. The van der Waals surface area contributed by atoms with Gasteiger partial charge in [-0.15, -0.1) is 0 Å². The number of nitrogens with zero attached hydrogens (tertiary/aromatic N) is 1. The predicted molar refractivity (Wildman–Crippen MR) is 88.8 cm³/mol. The van der Waals surface area contributed by atoms with Crippen molar-refractivity contribution in [3.05, 3.63) is 42.0 Å². The van der Waals surface area contributed by atoms with E-state index in [9.17, 15) is 4.79 Å². The summed E-state index contributed by atoms with van der Waals surface area (Å²) in [6.07, 6.45) is 7.12. The molecule has 0 aromatic heterocycles. The van der Waals surface area contributed by atoms with Gasteiger partial charge in [0.05, 0.1) is 5.41 Å². The van der Waals surface area contributed by atoms with E-state index >= 15 is 0 Å². The zero-order valence-electron chi connectivity index (χ0n) is 13.4. The molecule has 0 unspecified atom stereocenters. The van der Waals surface area contributed by atoms with Crippen LogP contribution in [0.1, 0.15) is 57.1 Å². The quantitative estimate of drug-likeness (QED) is 0.714. The Hall–Kier alpha value is -1.57. The molecule has 0 N–H and O–H groups in total. The summed E-state index contributed by atoms with van der Waals surface area (Å²) in [5.74, 6) is 0.374. The second kappa shape index (κ2) is 6.93. The number of hydrogen-bond donors (Lipinski definition) is 0. The molecule has 2 rings (SSSR count). The first-order valence-electron chi connectivity index (χ1n) is 8.16. The van der Waals surface area contributed by atoms with E-state index in [0.717, 1.165) is 50.8 Å². The number of carbonyl (C=O) groups excluding carboxylic acids is 1. The maximum Gasteiger partial charge on any atom is 0.229 e. The molecule has 1 aromatic rings. The fraction of sp³-hybridized carbons (Fsp3) is 0.526. The summed E-state index contributed by atoms with van der Waals surface area (Å²) in [7, 11) is 0. The van der Waals surface area contributed by atoms with Crippen LogP contribution in [0.2, 0.25) is 0 Å². The van der Waals surface area contributed by atoms with E-state index in [-0.39, 0.29) is 5.41 Å². The fourth-order valence-electron chi connectivity index (χ4n) is 3.57. The van der Waals surface area contributed by atoms with Gasteiger partial charge in [-0.3, -0.25) is 4.79 Å². The topological polar surface area (TPSA) is 20.3 Å². The third kappa shape index (κ3) is 3.37. The van der Waals surface area contributed by atoms with Gasteiger partial charge < -0.3 is 4.90 Å². The summed E-state index contributed by atoms with van der Waals surface area (Å²) in [6.45, 7) is 9.78. The Morgan fingerprint density at radius 2 is 1.81 bits per heavy atom. The van der Waals surface area contributed by atoms with Gasteiger partial charge in [-0.1, -0.05) is 63.6 Å². The maximum atomic E-state index is 12.8. The van der Waals surface area contributed by atoms with Crippen molar-refractivity contribution in [1.29, 1.82) is 0 Å². The summed E-state index contributed by atoms with van der Waals surface area (Å²) in [4.78, 5) is 14.9. The molecule has 1 heterocycles. The van der Waals surface area contributed by atoms with Gasteiger partial charge in [0.15, 0.2) is 0 Å². The van der Waals surface area contributed by atoms with Crippen LogP contribution in [0, 0.1) is 5.41 Å². The Labute approximate surface area is 128 Å². The molecule has 21 heavy (non-hydrogen) atoms. The number of carbonyl (C=O) groups is 1. The molecule has 0 spiro atoms. The zero-order chi connectivity index (χ0) is 15.3. The monoisotopic (exact) mass is 285 g/mol. The van der Waals surface area contributed by atoms with E-state index in [0.29, 0.717) is 5.91 Å². The smallest absolute Gasteiger partial charge is 0.229 e. The Balaban J connectivity index is 2.07. The Morgan fingerprint density at radius 3 is 2.33 bits per heavy atom. The van der Waals surface area contributed by atoms with E-state index in [1.807, 2.05) is 11.0 Å². The van der Waals surface area contributed by atoms with Crippen LogP contribution in [0.5, 0.6) is 0 Å². The van der Waals surface area contributed by atoms with Gasteiger partial charge in [0, 0.05) is 13.1 Å². The molecule has 114 valence electrons. The summed E-state index contributed by atoms with van der Waals surface area (Å²) in [5, 5.41) is 0. The lowest BCUT2D eigenvalue weighted by Gasteiger charge is -2.27. The summed E-state index contributed by atoms with van der Waals surface area (Å²) in [5.41, 5.74) is 2.25. The number of likely N-dealkylation sites (tertiary alicyclic amines) is 1. The fourth-order valence-corrected chi connectivity index (χ4v) is 3.57. The Bertz CT molecular complexity index is 483. The normalized spacial score (nSPS) is 17.2. The number of benzene rings is 1. The molecule has 1 aliphatic heterocycles. The van der Waals surface area contributed by atoms with Crippen LogP contribution in [-0.4, -0.2) is 17.4 Å². The van der Waals surface area contributed by atoms with E-state index < -0.39 is 0 Å². The van der Waals surface area contributed by atoms with E-state index in [1.165, 1.54) is 5.56 Å². The van der Waals surface area contributed by atoms with Gasteiger partial charge in [0.1, 0.15) is 0 Å². The first-order valence-corrected chi connectivity index (χ1v) is 8.16. The zero-order valence-corrected chi connectivity index (χ0v) is 13.4. The summed E-state index contributed by atoms with van der Waals surface area (Å²) >= 11 is 0. The van der Waals surface area contributed by atoms with Crippen LogP contribution in [-0.2, 0) is 11.3 Å². The van der Waals surface area contributed by atoms with Crippen LogP contribution in [0.4, 0.5) is 0 Å². The third-order valence-electron chi connectivity index (χ3n) is 4.65.